The molecule has 0 aliphatic heterocycles. The second-order valence-corrected chi connectivity index (χ2v) is 6.31. The van der Waals surface area contributed by atoms with Crippen LogP contribution in [-0.2, 0) is 0 Å². The molecule has 5 heteroatoms. The number of H-pyrrole nitrogens is 1. The van der Waals surface area contributed by atoms with Gasteiger partial charge in [0.2, 0.25) is 0 Å². The van der Waals surface area contributed by atoms with Crippen molar-refractivity contribution < 1.29 is 9.53 Å². The Bertz CT molecular complexity index is 722. The third kappa shape index (κ3) is 1.83. The van der Waals surface area contributed by atoms with Gasteiger partial charge in [0.1, 0.15) is 22.6 Å². The molecule has 2 fully saturated rings. The van der Waals surface area contributed by atoms with Crippen LogP contribution in [0.4, 0.5) is 0 Å². The quantitative estimate of drug-likeness (QED) is 0.909. The summed E-state index contributed by atoms with van der Waals surface area (Å²) in [7, 11) is 1.62. The Balaban J connectivity index is 1.84. The van der Waals surface area contributed by atoms with Crippen molar-refractivity contribution in [2.75, 3.05) is 7.11 Å². The molecular formula is C16H19N3O2. The van der Waals surface area contributed by atoms with Crippen LogP contribution in [0, 0.1) is 11.8 Å². The first-order valence-electron chi connectivity index (χ1n) is 7.53. The second kappa shape index (κ2) is 4.48. The summed E-state index contributed by atoms with van der Waals surface area (Å²) in [4.78, 5) is 19.7. The molecule has 4 rings (SSSR count). The molecular weight excluding hydrogens is 266 g/mol. The third-order valence-corrected chi connectivity index (χ3v) is 5.20. The predicted octanol–water partition coefficient (Wildman–Crippen LogP) is 2.57. The highest BCUT2D eigenvalue weighted by Crippen LogP contribution is 2.52. The average Bonchev–Trinajstić information content (AvgIpc) is 3.19. The summed E-state index contributed by atoms with van der Waals surface area (Å²) in [6, 6.07) is 3.46. The fourth-order valence-corrected chi connectivity index (χ4v) is 4.21. The van der Waals surface area contributed by atoms with E-state index in [-0.39, 0.29) is 0 Å². The molecule has 1 amide bonds. The van der Waals surface area contributed by atoms with Crippen LogP contribution in [0.1, 0.15) is 47.8 Å². The number of benzene rings is 1. The SMILES string of the molecule is COc1ccc(C(N)=O)c2nc(C3CC4CCC3C4)[nH]c12. The minimum absolute atomic E-state index is 0.450. The molecule has 2 saturated carbocycles. The number of primary amides is 1. The van der Waals surface area contributed by atoms with Crippen LogP contribution in [0.5, 0.6) is 5.75 Å². The van der Waals surface area contributed by atoms with E-state index in [1.54, 1.807) is 19.2 Å². The van der Waals surface area contributed by atoms with E-state index in [2.05, 4.69) is 4.98 Å². The van der Waals surface area contributed by atoms with Crippen LogP contribution in [-0.4, -0.2) is 23.0 Å². The number of amides is 1. The molecule has 1 aromatic heterocycles. The molecule has 0 radical (unpaired) electrons. The van der Waals surface area contributed by atoms with Crippen LogP contribution >= 0.6 is 0 Å². The molecule has 3 atom stereocenters. The number of ether oxygens (including phenoxy) is 1. The highest BCUT2D eigenvalue weighted by Gasteiger charge is 2.41. The van der Waals surface area contributed by atoms with Crippen molar-refractivity contribution in [3.63, 3.8) is 0 Å². The Morgan fingerprint density at radius 2 is 2.24 bits per heavy atom. The number of rotatable bonds is 3. The van der Waals surface area contributed by atoms with Crippen LogP contribution in [0.15, 0.2) is 12.1 Å². The number of fused-ring (bicyclic) bond motifs is 3. The molecule has 21 heavy (non-hydrogen) atoms. The van der Waals surface area contributed by atoms with E-state index in [0.29, 0.717) is 22.7 Å². The Hall–Kier alpha value is -2.04. The highest BCUT2D eigenvalue weighted by atomic mass is 16.5. The van der Waals surface area contributed by atoms with Gasteiger partial charge in [-0.05, 0) is 43.2 Å². The number of carbonyl (C=O) groups is 1. The fourth-order valence-electron chi connectivity index (χ4n) is 4.21. The molecule has 2 aliphatic rings. The zero-order valence-electron chi connectivity index (χ0n) is 12.1. The molecule has 2 aliphatic carbocycles. The number of nitrogens with zero attached hydrogens (tertiary/aromatic N) is 1. The zero-order valence-corrected chi connectivity index (χ0v) is 12.1. The van der Waals surface area contributed by atoms with Gasteiger partial charge in [-0.25, -0.2) is 4.98 Å². The number of nitrogens with two attached hydrogens (primary N) is 1. The molecule has 5 nitrogen and oxygen atoms in total. The van der Waals surface area contributed by atoms with E-state index in [4.69, 9.17) is 15.5 Å². The summed E-state index contributed by atoms with van der Waals surface area (Å²) >= 11 is 0. The lowest BCUT2D eigenvalue weighted by Gasteiger charge is -2.19. The van der Waals surface area contributed by atoms with Gasteiger partial charge in [0, 0.05) is 5.92 Å². The Kier molecular flexibility index (Phi) is 2.71. The maximum absolute atomic E-state index is 11.6. The van der Waals surface area contributed by atoms with Gasteiger partial charge in [-0.3, -0.25) is 4.79 Å². The van der Waals surface area contributed by atoms with Gasteiger partial charge in [0.05, 0.1) is 12.7 Å². The van der Waals surface area contributed by atoms with E-state index in [1.165, 1.54) is 25.7 Å². The van der Waals surface area contributed by atoms with E-state index in [0.717, 1.165) is 23.2 Å². The number of aromatic nitrogens is 2. The molecule has 3 unspecified atom stereocenters. The van der Waals surface area contributed by atoms with E-state index >= 15 is 0 Å². The van der Waals surface area contributed by atoms with Crippen molar-refractivity contribution in [1.29, 1.82) is 0 Å². The molecule has 110 valence electrons. The number of hydrogen-bond acceptors (Lipinski definition) is 3. The van der Waals surface area contributed by atoms with Crippen molar-refractivity contribution >= 4 is 16.9 Å². The van der Waals surface area contributed by atoms with Crippen molar-refractivity contribution in [2.24, 2.45) is 17.6 Å². The van der Waals surface area contributed by atoms with E-state index in [9.17, 15) is 4.79 Å². The summed E-state index contributed by atoms with van der Waals surface area (Å²) in [6.07, 6.45) is 5.18. The molecule has 3 N–H and O–H groups in total. The highest BCUT2D eigenvalue weighted by molar-refractivity contribution is 6.05. The lowest BCUT2D eigenvalue weighted by molar-refractivity contribution is 0.100. The first-order valence-corrected chi connectivity index (χ1v) is 7.53. The minimum atomic E-state index is -0.450. The molecule has 2 aromatic rings. The first kappa shape index (κ1) is 12.7. The standard InChI is InChI=1S/C16H19N3O2/c1-21-12-5-4-10(15(17)20)13-14(12)19-16(18-13)11-7-8-2-3-9(11)6-8/h4-5,8-9,11H,2-3,6-7H2,1H3,(H2,17,20)(H,18,19). The van der Waals surface area contributed by atoms with Gasteiger partial charge in [-0.2, -0.15) is 0 Å². The molecule has 0 saturated heterocycles. The first-order chi connectivity index (χ1) is 10.2. The number of methoxy groups -OCH3 is 1. The maximum atomic E-state index is 11.6. The lowest BCUT2D eigenvalue weighted by atomic mass is 9.88. The van der Waals surface area contributed by atoms with Gasteiger partial charge >= 0.3 is 0 Å². The smallest absolute Gasteiger partial charge is 0.250 e. The van der Waals surface area contributed by atoms with Gasteiger partial charge < -0.3 is 15.5 Å². The molecule has 0 spiro atoms. The number of nitrogens with one attached hydrogen (secondary N) is 1. The Morgan fingerprint density at radius 1 is 1.38 bits per heavy atom. The van der Waals surface area contributed by atoms with Crippen molar-refractivity contribution in [1.82, 2.24) is 9.97 Å². The average molecular weight is 285 g/mol. The molecule has 2 bridgehead atoms. The fraction of sp³-hybridized carbons (Fsp3) is 0.500. The maximum Gasteiger partial charge on any atom is 0.250 e. The number of carbonyl (C=O) groups excluding carboxylic acids is 1. The number of imidazole rings is 1. The molecule has 1 aromatic carbocycles. The van der Waals surface area contributed by atoms with E-state index in [1.807, 2.05) is 0 Å². The number of hydrogen-bond donors (Lipinski definition) is 2. The normalized spacial score (nSPS) is 27.4. The summed E-state index contributed by atoms with van der Waals surface area (Å²) in [5.41, 5.74) is 7.34. The minimum Gasteiger partial charge on any atom is -0.494 e. The van der Waals surface area contributed by atoms with Crippen LogP contribution in [0.25, 0.3) is 11.0 Å². The van der Waals surface area contributed by atoms with E-state index < -0.39 is 5.91 Å². The summed E-state index contributed by atoms with van der Waals surface area (Å²) in [5.74, 6) is 3.32. The van der Waals surface area contributed by atoms with Gasteiger partial charge in [0.15, 0.2) is 0 Å². The second-order valence-electron chi connectivity index (χ2n) is 6.31. The van der Waals surface area contributed by atoms with Crippen LogP contribution < -0.4 is 10.5 Å². The van der Waals surface area contributed by atoms with Gasteiger partial charge in [-0.1, -0.05) is 6.42 Å². The van der Waals surface area contributed by atoms with Crippen LogP contribution in [0.2, 0.25) is 0 Å². The predicted molar refractivity (Wildman–Crippen MR) is 79.4 cm³/mol. The van der Waals surface area contributed by atoms with Crippen molar-refractivity contribution in [3.05, 3.63) is 23.5 Å². The van der Waals surface area contributed by atoms with Gasteiger partial charge in [-0.15, -0.1) is 0 Å². The molecule has 1 heterocycles. The van der Waals surface area contributed by atoms with Crippen LogP contribution in [0.3, 0.4) is 0 Å². The van der Waals surface area contributed by atoms with Crippen molar-refractivity contribution in [3.8, 4) is 5.75 Å². The summed E-state index contributed by atoms with van der Waals surface area (Å²) in [6.45, 7) is 0. The van der Waals surface area contributed by atoms with Gasteiger partial charge in [0.25, 0.3) is 5.91 Å². The lowest BCUT2D eigenvalue weighted by Crippen LogP contribution is -2.12. The zero-order chi connectivity index (χ0) is 14.6. The largest absolute Gasteiger partial charge is 0.494 e. The van der Waals surface area contributed by atoms with Crippen molar-refractivity contribution in [2.45, 2.75) is 31.6 Å². The summed E-state index contributed by atoms with van der Waals surface area (Å²) in [5, 5.41) is 0. The Morgan fingerprint density at radius 3 is 2.86 bits per heavy atom. The monoisotopic (exact) mass is 285 g/mol. The topological polar surface area (TPSA) is 81.0 Å². The third-order valence-electron chi connectivity index (χ3n) is 5.20. The Labute approximate surface area is 122 Å². The summed E-state index contributed by atoms with van der Waals surface area (Å²) < 4.78 is 5.38. The number of aromatic amines is 1.